The monoisotopic (exact) mass is 480 g/mol. The van der Waals surface area contributed by atoms with Crippen molar-refractivity contribution in [3.8, 4) is 11.5 Å². The van der Waals surface area contributed by atoms with E-state index in [4.69, 9.17) is 9.47 Å². The molecule has 6 heteroatoms. The Kier molecular flexibility index (Phi) is 7.64. The topological polar surface area (TPSA) is 42.0 Å². The molecule has 1 unspecified atom stereocenters. The number of rotatable bonds is 7. The van der Waals surface area contributed by atoms with Crippen LogP contribution in [-0.4, -0.2) is 62.7 Å². The Morgan fingerprint density at radius 1 is 0.941 bits per heavy atom. The third-order valence-electron chi connectivity index (χ3n) is 7.16. The lowest BCUT2D eigenvalue weighted by molar-refractivity contribution is 0.0712. The van der Waals surface area contributed by atoms with Crippen molar-refractivity contribution < 1.29 is 14.3 Å². The van der Waals surface area contributed by atoms with Crippen LogP contribution < -0.4 is 9.47 Å². The van der Waals surface area contributed by atoms with Gasteiger partial charge in [-0.15, -0.1) is 12.4 Å². The van der Waals surface area contributed by atoms with Gasteiger partial charge in [-0.25, -0.2) is 0 Å². The van der Waals surface area contributed by atoms with E-state index in [1.54, 1.807) is 14.2 Å². The number of likely N-dealkylation sites (tertiary alicyclic amines) is 1. The molecule has 180 valence electrons. The molecule has 0 saturated carbocycles. The van der Waals surface area contributed by atoms with Gasteiger partial charge in [-0.1, -0.05) is 42.5 Å². The first-order valence-electron chi connectivity index (χ1n) is 11.9. The molecule has 1 atom stereocenters. The quantitative estimate of drug-likeness (QED) is 0.485. The minimum atomic E-state index is 0. The minimum absolute atomic E-state index is 0. The third-order valence-corrected chi connectivity index (χ3v) is 7.16. The van der Waals surface area contributed by atoms with Crippen LogP contribution in [0.2, 0.25) is 0 Å². The number of hydrogen-bond donors (Lipinski definition) is 0. The lowest BCUT2D eigenvalue weighted by atomic mass is 9.96. The van der Waals surface area contributed by atoms with Crippen LogP contribution in [0.3, 0.4) is 0 Å². The van der Waals surface area contributed by atoms with Crippen molar-refractivity contribution in [2.75, 3.05) is 46.9 Å². The smallest absolute Gasteiger partial charge is 0.254 e. The molecule has 3 aromatic rings. The summed E-state index contributed by atoms with van der Waals surface area (Å²) in [6.45, 7) is 4.86. The Morgan fingerprint density at radius 3 is 2.50 bits per heavy atom. The minimum Gasteiger partial charge on any atom is -0.493 e. The average molecular weight is 481 g/mol. The molecule has 0 bridgehead atoms. The van der Waals surface area contributed by atoms with E-state index in [0.29, 0.717) is 17.4 Å². The summed E-state index contributed by atoms with van der Waals surface area (Å²) in [5.41, 5.74) is 3.20. The zero-order valence-electron chi connectivity index (χ0n) is 20.0. The maximum absolute atomic E-state index is 13.2. The first-order chi connectivity index (χ1) is 16.1. The van der Waals surface area contributed by atoms with Gasteiger partial charge in [0.05, 0.1) is 14.2 Å². The van der Waals surface area contributed by atoms with Gasteiger partial charge >= 0.3 is 0 Å². The maximum atomic E-state index is 13.2. The Bertz CT molecular complexity index is 1170. The lowest BCUT2D eigenvalue weighted by Gasteiger charge is -2.31. The number of nitrogens with zero attached hydrogens (tertiary/aromatic N) is 2. The van der Waals surface area contributed by atoms with Crippen LogP contribution in [0.1, 0.15) is 27.9 Å². The summed E-state index contributed by atoms with van der Waals surface area (Å²) in [7, 11) is 3.24. The summed E-state index contributed by atoms with van der Waals surface area (Å²) in [6.07, 6.45) is 3.08. The second kappa shape index (κ2) is 10.7. The standard InChI is InChI=1S/C28H32N2O3.ClH/c1-32-26-16-24-11-14-30(28(31)25(24)17-27(26)33-2)19-21-10-13-29(18-21)12-9-20-7-8-22-5-3-4-6-23(22)15-20;/h3-8,15-17,21H,9-14,18-19H2,1-2H3;1H. The number of benzene rings is 3. The fraction of sp³-hybridized carbons (Fsp3) is 0.393. The Hall–Kier alpha value is -2.76. The van der Waals surface area contributed by atoms with Crippen molar-refractivity contribution in [1.82, 2.24) is 9.80 Å². The van der Waals surface area contributed by atoms with E-state index >= 15 is 0 Å². The largest absolute Gasteiger partial charge is 0.493 e. The number of fused-ring (bicyclic) bond motifs is 2. The number of halogens is 1. The SMILES string of the molecule is COc1cc2c(cc1OC)C(=O)N(CC1CCN(CCc3ccc4ccccc4c3)C1)CC2.Cl. The zero-order valence-corrected chi connectivity index (χ0v) is 20.8. The highest BCUT2D eigenvalue weighted by molar-refractivity contribution is 5.97. The first-order valence-corrected chi connectivity index (χ1v) is 11.9. The van der Waals surface area contributed by atoms with Gasteiger partial charge in [0.2, 0.25) is 0 Å². The number of methoxy groups -OCH3 is 2. The van der Waals surface area contributed by atoms with Crippen LogP contribution in [0.5, 0.6) is 11.5 Å². The molecule has 0 aromatic heterocycles. The average Bonchev–Trinajstić information content (AvgIpc) is 3.31. The zero-order chi connectivity index (χ0) is 22.8. The highest BCUT2D eigenvalue weighted by Crippen LogP contribution is 2.33. The molecule has 0 aliphatic carbocycles. The molecule has 2 aliphatic rings. The van der Waals surface area contributed by atoms with Crippen LogP contribution in [0.4, 0.5) is 0 Å². The van der Waals surface area contributed by atoms with Crippen molar-refractivity contribution >= 4 is 29.1 Å². The molecule has 0 N–H and O–H groups in total. The highest BCUT2D eigenvalue weighted by atomic mass is 35.5. The van der Waals surface area contributed by atoms with E-state index in [9.17, 15) is 4.79 Å². The highest BCUT2D eigenvalue weighted by Gasteiger charge is 2.30. The molecule has 2 aliphatic heterocycles. The number of carbonyl (C=O) groups excluding carboxylic acids is 1. The van der Waals surface area contributed by atoms with Crippen molar-refractivity contribution in [2.24, 2.45) is 5.92 Å². The summed E-state index contributed by atoms with van der Waals surface area (Å²) in [4.78, 5) is 17.8. The van der Waals surface area contributed by atoms with Gasteiger partial charge in [-0.05, 0) is 65.8 Å². The van der Waals surface area contributed by atoms with E-state index in [0.717, 1.165) is 63.1 Å². The molecular formula is C28H33ClN2O3. The van der Waals surface area contributed by atoms with Gasteiger partial charge < -0.3 is 19.3 Å². The normalized spacial score (nSPS) is 18.0. The van der Waals surface area contributed by atoms with Crippen LogP contribution in [0, 0.1) is 5.92 Å². The Labute approximate surface area is 208 Å². The van der Waals surface area contributed by atoms with Crippen molar-refractivity contribution in [3.05, 3.63) is 71.3 Å². The van der Waals surface area contributed by atoms with E-state index in [1.807, 2.05) is 17.0 Å². The van der Waals surface area contributed by atoms with E-state index in [1.165, 1.54) is 16.3 Å². The molecule has 0 radical (unpaired) electrons. The van der Waals surface area contributed by atoms with Gasteiger partial charge in [0, 0.05) is 31.7 Å². The van der Waals surface area contributed by atoms with Crippen molar-refractivity contribution in [3.63, 3.8) is 0 Å². The van der Waals surface area contributed by atoms with Crippen molar-refractivity contribution in [1.29, 1.82) is 0 Å². The first kappa shape index (κ1) is 24.4. The Morgan fingerprint density at radius 2 is 1.71 bits per heavy atom. The van der Waals surface area contributed by atoms with Gasteiger partial charge in [-0.2, -0.15) is 0 Å². The summed E-state index contributed by atoms with van der Waals surface area (Å²) in [5.74, 6) is 1.96. The Balaban J connectivity index is 0.00000274. The maximum Gasteiger partial charge on any atom is 0.254 e. The summed E-state index contributed by atoms with van der Waals surface area (Å²) < 4.78 is 10.8. The molecular weight excluding hydrogens is 448 g/mol. The molecule has 3 aromatic carbocycles. The molecule has 1 amide bonds. The molecule has 0 spiro atoms. The summed E-state index contributed by atoms with van der Waals surface area (Å²) >= 11 is 0. The van der Waals surface area contributed by atoms with Crippen LogP contribution in [0.25, 0.3) is 10.8 Å². The summed E-state index contributed by atoms with van der Waals surface area (Å²) in [5, 5.41) is 2.61. The second-order valence-corrected chi connectivity index (χ2v) is 9.25. The number of carbonyl (C=O) groups is 1. The predicted octanol–water partition coefficient (Wildman–Crippen LogP) is 4.84. The van der Waals surface area contributed by atoms with Gasteiger partial charge in [0.1, 0.15) is 0 Å². The molecule has 34 heavy (non-hydrogen) atoms. The number of amides is 1. The fourth-order valence-corrected chi connectivity index (χ4v) is 5.29. The van der Waals surface area contributed by atoms with Gasteiger partial charge in [0.15, 0.2) is 11.5 Å². The molecule has 5 rings (SSSR count). The molecule has 2 heterocycles. The molecule has 1 fully saturated rings. The van der Waals surface area contributed by atoms with Crippen LogP contribution >= 0.6 is 12.4 Å². The number of hydrogen-bond acceptors (Lipinski definition) is 4. The van der Waals surface area contributed by atoms with Crippen molar-refractivity contribution in [2.45, 2.75) is 19.3 Å². The second-order valence-electron chi connectivity index (χ2n) is 9.25. The van der Waals surface area contributed by atoms with E-state index in [-0.39, 0.29) is 18.3 Å². The fourth-order valence-electron chi connectivity index (χ4n) is 5.29. The number of ether oxygens (including phenoxy) is 2. The van der Waals surface area contributed by atoms with E-state index < -0.39 is 0 Å². The van der Waals surface area contributed by atoms with E-state index in [2.05, 4.69) is 47.4 Å². The predicted molar refractivity (Wildman–Crippen MR) is 139 cm³/mol. The summed E-state index contributed by atoms with van der Waals surface area (Å²) in [6, 6.07) is 19.1. The lowest BCUT2D eigenvalue weighted by Crippen LogP contribution is -2.41. The van der Waals surface area contributed by atoms with Crippen LogP contribution in [0.15, 0.2) is 54.6 Å². The van der Waals surface area contributed by atoms with Crippen LogP contribution in [-0.2, 0) is 12.8 Å². The van der Waals surface area contributed by atoms with Gasteiger partial charge in [-0.3, -0.25) is 4.79 Å². The molecule has 5 nitrogen and oxygen atoms in total. The van der Waals surface area contributed by atoms with Gasteiger partial charge in [0.25, 0.3) is 5.91 Å². The molecule has 1 saturated heterocycles. The third kappa shape index (κ3) is 5.01.